The first kappa shape index (κ1) is 13.3. The molecule has 3 N–H and O–H groups in total. The van der Waals surface area contributed by atoms with Gasteiger partial charge < -0.3 is 20.5 Å². The largest absolute Gasteiger partial charge is 0.482 e. The number of benzene rings is 2. The van der Waals surface area contributed by atoms with Gasteiger partial charge in [0.25, 0.3) is 0 Å². The van der Waals surface area contributed by atoms with Gasteiger partial charge in [0.1, 0.15) is 24.1 Å². The molecule has 5 nitrogen and oxygen atoms in total. The number of anilines is 2. The van der Waals surface area contributed by atoms with Crippen molar-refractivity contribution < 1.29 is 14.6 Å². The van der Waals surface area contributed by atoms with Crippen molar-refractivity contribution in [2.75, 3.05) is 23.7 Å². The number of fused-ring (bicyclic) bond motifs is 1. The second-order valence-corrected chi connectivity index (χ2v) is 4.99. The van der Waals surface area contributed by atoms with Gasteiger partial charge in [-0.15, -0.1) is 0 Å². The molecule has 0 spiro atoms. The summed E-state index contributed by atoms with van der Waals surface area (Å²) in [5.41, 5.74) is 8.18. The first-order chi connectivity index (χ1) is 10.1. The number of nitrogen functional groups attached to an aromatic ring is 1. The highest BCUT2D eigenvalue weighted by molar-refractivity contribution is 5.81. The molecule has 0 aromatic heterocycles. The third-order valence-electron chi connectivity index (χ3n) is 3.50. The van der Waals surface area contributed by atoms with Crippen LogP contribution in [0.1, 0.15) is 11.7 Å². The molecule has 2 aromatic rings. The molecule has 1 atom stereocenters. The molecule has 1 heterocycles. The Labute approximate surface area is 122 Å². The Morgan fingerprint density at radius 2 is 2.00 bits per heavy atom. The molecule has 0 amide bonds. The van der Waals surface area contributed by atoms with Crippen LogP contribution < -0.4 is 15.4 Å². The average Bonchev–Trinajstić information content (AvgIpc) is 2.47. The van der Waals surface area contributed by atoms with Crippen molar-refractivity contribution in [1.29, 1.82) is 0 Å². The van der Waals surface area contributed by atoms with Gasteiger partial charge in [0.05, 0.1) is 12.2 Å². The van der Waals surface area contributed by atoms with E-state index < -0.39 is 5.97 Å². The van der Waals surface area contributed by atoms with E-state index in [2.05, 4.69) is 0 Å². The lowest BCUT2D eigenvalue weighted by Gasteiger charge is -2.36. The quantitative estimate of drug-likeness (QED) is 0.846. The van der Waals surface area contributed by atoms with Crippen LogP contribution in [-0.2, 0) is 4.79 Å². The van der Waals surface area contributed by atoms with Crippen molar-refractivity contribution in [3.8, 4) is 5.75 Å². The minimum atomic E-state index is -0.891. The summed E-state index contributed by atoms with van der Waals surface area (Å²) in [5, 5.41) is 9.12. The van der Waals surface area contributed by atoms with E-state index >= 15 is 0 Å². The van der Waals surface area contributed by atoms with E-state index in [4.69, 9.17) is 15.6 Å². The maximum absolute atomic E-state index is 11.1. The third-order valence-corrected chi connectivity index (χ3v) is 3.50. The maximum atomic E-state index is 11.1. The van der Waals surface area contributed by atoms with E-state index in [1.54, 1.807) is 17.0 Å². The highest BCUT2D eigenvalue weighted by Gasteiger charge is 2.29. The van der Waals surface area contributed by atoms with Crippen LogP contribution in [-0.4, -0.2) is 24.2 Å². The Hall–Kier alpha value is -2.69. The van der Waals surface area contributed by atoms with Crippen LogP contribution in [0.5, 0.6) is 5.75 Å². The molecule has 5 heteroatoms. The van der Waals surface area contributed by atoms with Gasteiger partial charge in [-0.1, -0.05) is 36.4 Å². The molecule has 21 heavy (non-hydrogen) atoms. The number of carboxylic acid groups (broad SMARTS) is 1. The van der Waals surface area contributed by atoms with Gasteiger partial charge in [-0.2, -0.15) is 0 Å². The number of hydrogen-bond acceptors (Lipinski definition) is 4. The molecule has 0 radical (unpaired) electrons. The predicted molar refractivity (Wildman–Crippen MR) is 80.5 cm³/mol. The fourth-order valence-corrected chi connectivity index (χ4v) is 2.60. The van der Waals surface area contributed by atoms with Crippen LogP contribution in [0.25, 0.3) is 0 Å². The highest BCUT2D eigenvalue weighted by atomic mass is 16.5. The molecule has 0 saturated carbocycles. The molecule has 1 aliphatic heterocycles. The first-order valence-electron chi connectivity index (χ1n) is 6.72. The number of carboxylic acids is 1. The normalized spacial score (nSPS) is 17.0. The third kappa shape index (κ3) is 2.63. The van der Waals surface area contributed by atoms with Gasteiger partial charge in [-0.05, 0) is 17.7 Å². The number of nitrogens with zero attached hydrogens (tertiary/aromatic N) is 1. The smallest absolute Gasteiger partial charge is 0.323 e. The number of aliphatic carboxylic acids is 1. The summed E-state index contributed by atoms with van der Waals surface area (Å²) in [7, 11) is 0. The van der Waals surface area contributed by atoms with Gasteiger partial charge in [0, 0.05) is 0 Å². The second kappa shape index (κ2) is 5.36. The Balaban J connectivity index is 1.99. The Kier molecular flexibility index (Phi) is 3.39. The van der Waals surface area contributed by atoms with Crippen molar-refractivity contribution in [3.63, 3.8) is 0 Å². The van der Waals surface area contributed by atoms with Crippen LogP contribution in [0.15, 0.2) is 48.5 Å². The van der Waals surface area contributed by atoms with E-state index in [-0.39, 0.29) is 12.6 Å². The lowest BCUT2D eigenvalue weighted by Crippen LogP contribution is -2.39. The zero-order chi connectivity index (χ0) is 14.8. The topological polar surface area (TPSA) is 75.8 Å². The van der Waals surface area contributed by atoms with Gasteiger partial charge in [0.15, 0.2) is 0 Å². The minimum absolute atomic E-state index is 0.103. The molecular formula is C16H16N2O3. The molecule has 1 unspecified atom stereocenters. The minimum Gasteiger partial charge on any atom is -0.482 e. The summed E-state index contributed by atoms with van der Waals surface area (Å²) >= 11 is 0. The van der Waals surface area contributed by atoms with Crippen LogP contribution in [0.2, 0.25) is 0 Å². The average molecular weight is 284 g/mol. The van der Waals surface area contributed by atoms with Crippen molar-refractivity contribution in [2.24, 2.45) is 0 Å². The van der Waals surface area contributed by atoms with E-state index in [0.717, 1.165) is 5.56 Å². The number of carbonyl (C=O) groups is 1. The molecular weight excluding hydrogens is 268 g/mol. The lowest BCUT2D eigenvalue weighted by atomic mass is 10.1. The first-order valence-corrected chi connectivity index (χ1v) is 6.72. The standard InChI is InChI=1S/C16H16N2O3/c17-12-7-4-8-13-16(12)18(10-15(19)20)9-14(21-13)11-5-2-1-3-6-11/h1-8,14H,9-10,17H2,(H,19,20). The summed E-state index contributed by atoms with van der Waals surface area (Å²) in [6.45, 7) is 0.353. The SMILES string of the molecule is Nc1cccc2c1N(CC(=O)O)CC(c1ccccc1)O2. The van der Waals surface area contributed by atoms with Crippen molar-refractivity contribution in [2.45, 2.75) is 6.10 Å². The number of ether oxygens (including phenoxy) is 1. The van der Waals surface area contributed by atoms with Crippen LogP contribution in [0, 0.1) is 0 Å². The molecule has 0 aliphatic carbocycles. The Morgan fingerprint density at radius 3 is 2.71 bits per heavy atom. The molecule has 0 bridgehead atoms. The summed E-state index contributed by atoms with van der Waals surface area (Å²) < 4.78 is 6.00. The molecule has 2 aromatic carbocycles. The molecule has 0 fully saturated rings. The molecule has 1 aliphatic rings. The fourth-order valence-electron chi connectivity index (χ4n) is 2.60. The van der Waals surface area contributed by atoms with Gasteiger partial charge in [-0.25, -0.2) is 0 Å². The molecule has 0 saturated heterocycles. The van der Waals surface area contributed by atoms with E-state index in [1.165, 1.54) is 0 Å². The monoisotopic (exact) mass is 284 g/mol. The van der Waals surface area contributed by atoms with Gasteiger partial charge in [-0.3, -0.25) is 4.79 Å². The van der Waals surface area contributed by atoms with E-state index in [9.17, 15) is 4.79 Å². The van der Waals surface area contributed by atoms with Crippen LogP contribution in [0.3, 0.4) is 0 Å². The predicted octanol–water partition coefficient (Wildman–Crippen LogP) is 2.29. The Morgan fingerprint density at radius 1 is 1.24 bits per heavy atom. The lowest BCUT2D eigenvalue weighted by molar-refractivity contribution is -0.135. The Bertz CT molecular complexity index is 658. The fraction of sp³-hybridized carbons (Fsp3) is 0.188. The maximum Gasteiger partial charge on any atom is 0.323 e. The summed E-state index contributed by atoms with van der Waals surface area (Å²) in [4.78, 5) is 12.9. The summed E-state index contributed by atoms with van der Waals surface area (Å²) in [6.07, 6.45) is -0.208. The van der Waals surface area contributed by atoms with E-state index in [0.29, 0.717) is 23.7 Å². The summed E-state index contributed by atoms with van der Waals surface area (Å²) in [5.74, 6) is -0.269. The van der Waals surface area contributed by atoms with Gasteiger partial charge in [0.2, 0.25) is 0 Å². The highest BCUT2D eigenvalue weighted by Crippen LogP contribution is 2.41. The molecule has 3 rings (SSSR count). The second-order valence-electron chi connectivity index (χ2n) is 4.99. The zero-order valence-electron chi connectivity index (χ0n) is 11.4. The van der Waals surface area contributed by atoms with Crippen LogP contribution >= 0.6 is 0 Å². The molecule has 108 valence electrons. The van der Waals surface area contributed by atoms with Crippen molar-refractivity contribution in [1.82, 2.24) is 0 Å². The number of rotatable bonds is 3. The number of hydrogen-bond donors (Lipinski definition) is 2. The summed E-state index contributed by atoms with van der Waals surface area (Å²) in [6, 6.07) is 15.1. The van der Waals surface area contributed by atoms with Crippen molar-refractivity contribution in [3.05, 3.63) is 54.1 Å². The van der Waals surface area contributed by atoms with E-state index in [1.807, 2.05) is 36.4 Å². The van der Waals surface area contributed by atoms with Crippen LogP contribution in [0.4, 0.5) is 11.4 Å². The number of nitrogens with two attached hydrogens (primary N) is 1. The van der Waals surface area contributed by atoms with Gasteiger partial charge >= 0.3 is 5.97 Å². The zero-order valence-corrected chi connectivity index (χ0v) is 11.4. The number of para-hydroxylation sites is 1. The van der Waals surface area contributed by atoms with Crippen molar-refractivity contribution >= 4 is 17.3 Å².